The van der Waals surface area contributed by atoms with Gasteiger partial charge in [-0.1, -0.05) is 19.1 Å². The van der Waals surface area contributed by atoms with Crippen LogP contribution in [0.5, 0.6) is 5.75 Å². The van der Waals surface area contributed by atoms with Gasteiger partial charge < -0.3 is 10.4 Å². The summed E-state index contributed by atoms with van der Waals surface area (Å²) in [7, 11) is 0. The highest BCUT2D eigenvalue weighted by Crippen LogP contribution is 2.09. The molecule has 15 heavy (non-hydrogen) atoms. The standard InChI is InChI=1S/C11H14ClNO2/c1-8(6-12)11(15)13-7-9-2-4-10(14)5-3-9/h2-5,8,14H,6-7H2,1H3,(H,13,15). The molecule has 0 aromatic heterocycles. The number of phenols is 1. The summed E-state index contributed by atoms with van der Waals surface area (Å²) in [5.41, 5.74) is 0.947. The lowest BCUT2D eigenvalue weighted by atomic mass is 10.2. The fourth-order valence-corrected chi connectivity index (χ4v) is 1.19. The van der Waals surface area contributed by atoms with E-state index in [1.807, 2.05) is 0 Å². The zero-order chi connectivity index (χ0) is 11.3. The molecule has 1 amide bonds. The Hall–Kier alpha value is -1.22. The number of amides is 1. The lowest BCUT2D eigenvalue weighted by Crippen LogP contribution is -2.29. The van der Waals surface area contributed by atoms with Crippen LogP contribution in [0.15, 0.2) is 24.3 Å². The Morgan fingerprint density at radius 3 is 2.60 bits per heavy atom. The summed E-state index contributed by atoms with van der Waals surface area (Å²) in [6.45, 7) is 2.24. The third kappa shape index (κ3) is 3.80. The van der Waals surface area contributed by atoms with Crippen molar-refractivity contribution in [2.75, 3.05) is 5.88 Å². The lowest BCUT2D eigenvalue weighted by Gasteiger charge is -2.09. The van der Waals surface area contributed by atoms with Gasteiger partial charge in [-0.15, -0.1) is 11.6 Å². The fourth-order valence-electron chi connectivity index (χ4n) is 1.05. The molecule has 0 aliphatic heterocycles. The first-order valence-electron chi connectivity index (χ1n) is 4.75. The highest BCUT2D eigenvalue weighted by Gasteiger charge is 2.10. The Labute approximate surface area is 94.1 Å². The van der Waals surface area contributed by atoms with Crippen molar-refractivity contribution in [3.8, 4) is 5.75 Å². The molecular formula is C11H14ClNO2. The summed E-state index contributed by atoms with van der Waals surface area (Å²) >= 11 is 5.56. The number of alkyl halides is 1. The number of hydrogen-bond acceptors (Lipinski definition) is 2. The predicted molar refractivity (Wildman–Crippen MR) is 59.8 cm³/mol. The maximum absolute atomic E-state index is 11.4. The molecule has 82 valence electrons. The molecule has 3 nitrogen and oxygen atoms in total. The first-order valence-corrected chi connectivity index (χ1v) is 5.28. The van der Waals surface area contributed by atoms with E-state index < -0.39 is 0 Å². The van der Waals surface area contributed by atoms with E-state index in [1.165, 1.54) is 0 Å². The van der Waals surface area contributed by atoms with Crippen molar-refractivity contribution in [2.24, 2.45) is 5.92 Å². The molecular weight excluding hydrogens is 214 g/mol. The Morgan fingerprint density at radius 2 is 2.07 bits per heavy atom. The molecule has 0 aliphatic rings. The van der Waals surface area contributed by atoms with Gasteiger partial charge in [0.1, 0.15) is 5.75 Å². The molecule has 1 unspecified atom stereocenters. The molecule has 0 bridgehead atoms. The lowest BCUT2D eigenvalue weighted by molar-refractivity contribution is -0.124. The molecule has 0 spiro atoms. The number of carbonyl (C=O) groups excluding carboxylic acids is 1. The summed E-state index contributed by atoms with van der Waals surface area (Å²) < 4.78 is 0. The van der Waals surface area contributed by atoms with E-state index in [-0.39, 0.29) is 17.6 Å². The van der Waals surface area contributed by atoms with Crippen LogP contribution >= 0.6 is 11.6 Å². The number of phenolic OH excluding ortho intramolecular Hbond substituents is 1. The Balaban J connectivity index is 2.43. The Morgan fingerprint density at radius 1 is 1.47 bits per heavy atom. The molecule has 4 heteroatoms. The van der Waals surface area contributed by atoms with Crippen molar-refractivity contribution in [3.63, 3.8) is 0 Å². The second-order valence-electron chi connectivity index (χ2n) is 3.44. The molecule has 1 aromatic rings. The molecule has 1 atom stereocenters. The average Bonchev–Trinajstić information content (AvgIpc) is 2.26. The van der Waals surface area contributed by atoms with E-state index in [0.29, 0.717) is 12.4 Å². The third-order valence-corrected chi connectivity index (χ3v) is 2.55. The zero-order valence-corrected chi connectivity index (χ0v) is 9.29. The van der Waals surface area contributed by atoms with Crippen molar-refractivity contribution in [2.45, 2.75) is 13.5 Å². The number of benzene rings is 1. The first-order chi connectivity index (χ1) is 7.13. The number of hydrogen-bond donors (Lipinski definition) is 2. The first kappa shape index (κ1) is 11.9. The summed E-state index contributed by atoms with van der Waals surface area (Å²) in [5, 5.41) is 11.8. The van der Waals surface area contributed by atoms with Crippen molar-refractivity contribution < 1.29 is 9.90 Å². The Bertz CT molecular complexity index is 324. The molecule has 0 saturated carbocycles. The maximum Gasteiger partial charge on any atom is 0.224 e. The minimum absolute atomic E-state index is 0.0573. The summed E-state index contributed by atoms with van der Waals surface area (Å²) in [6, 6.07) is 6.71. The molecule has 0 radical (unpaired) electrons. The van der Waals surface area contributed by atoms with E-state index in [4.69, 9.17) is 16.7 Å². The van der Waals surface area contributed by atoms with Crippen LogP contribution in [0.3, 0.4) is 0 Å². The van der Waals surface area contributed by atoms with Crippen molar-refractivity contribution in [1.29, 1.82) is 0 Å². The molecule has 1 aromatic carbocycles. The van der Waals surface area contributed by atoms with Crippen LogP contribution in [0.4, 0.5) is 0 Å². The van der Waals surface area contributed by atoms with E-state index in [9.17, 15) is 4.79 Å². The van der Waals surface area contributed by atoms with E-state index in [2.05, 4.69) is 5.32 Å². The van der Waals surface area contributed by atoms with Gasteiger partial charge >= 0.3 is 0 Å². The number of aromatic hydroxyl groups is 1. The normalized spacial score (nSPS) is 12.1. The van der Waals surface area contributed by atoms with Crippen molar-refractivity contribution in [3.05, 3.63) is 29.8 Å². The third-order valence-electron chi connectivity index (χ3n) is 2.08. The van der Waals surface area contributed by atoms with Crippen LogP contribution in [-0.4, -0.2) is 16.9 Å². The largest absolute Gasteiger partial charge is 0.508 e. The second kappa shape index (κ2) is 5.61. The van der Waals surface area contributed by atoms with Crippen LogP contribution in [0.2, 0.25) is 0 Å². The van der Waals surface area contributed by atoms with E-state index in [1.54, 1.807) is 31.2 Å². The molecule has 1 rings (SSSR count). The van der Waals surface area contributed by atoms with Crippen molar-refractivity contribution in [1.82, 2.24) is 5.32 Å². The van der Waals surface area contributed by atoms with Crippen molar-refractivity contribution >= 4 is 17.5 Å². The predicted octanol–water partition coefficient (Wildman–Crippen LogP) is 1.88. The van der Waals surface area contributed by atoms with Gasteiger partial charge in [0, 0.05) is 18.3 Å². The number of rotatable bonds is 4. The van der Waals surface area contributed by atoms with Gasteiger partial charge in [0.15, 0.2) is 0 Å². The highest BCUT2D eigenvalue weighted by molar-refractivity contribution is 6.19. The topological polar surface area (TPSA) is 49.3 Å². The molecule has 0 saturated heterocycles. The smallest absolute Gasteiger partial charge is 0.224 e. The highest BCUT2D eigenvalue weighted by atomic mass is 35.5. The zero-order valence-electron chi connectivity index (χ0n) is 8.53. The van der Waals surface area contributed by atoms with Gasteiger partial charge in [-0.05, 0) is 17.7 Å². The number of nitrogens with one attached hydrogen (secondary N) is 1. The van der Waals surface area contributed by atoms with Gasteiger partial charge in [0.2, 0.25) is 5.91 Å². The molecule has 0 fully saturated rings. The van der Waals surface area contributed by atoms with Crippen LogP contribution in [-0.2, 0) is 11.3 Å². The van der Waals surface area contributed by atoms with Crippen LogP contribution in [0, 0.1) is 5.92 Å². The molecule has 0 aliphatic carbocycles. The monoisotopic (exact) mass is 227 g/mol. The fraction of sp³-hybridized carbons (Fsp3) is 0.364. The average molecular weight is 228 g/mol. The van der Waals surface area contributed by atoms with Gasteiger partial charge in [-0.3, -0.25) is 4.79 Å². The van der Waals surface area contributed by atoms with Gasteiger partial charge in [-0.25, -0.2) is 0 Å². The Kier molecular flexibility index (Phi) is 4.43. The van der Waals surface area contributed by atoms with Crippen LogP contribution in [0.1, 0.15) is 12.5 Å². The number of carbonyl (C=O) groups is 1. The van der Waals surface area contributed by atoms with Gasteiger partial charge in [-0.2, -0.15) is 0 Å². The minimum Gasteiger partial charge on any atom is -0.508 e. The molecule has 0 heterocycles. The summed E-state index contributed by atoms with van der Waals surface area (Å²) in [4.78, 5) is 11.4. The van der Waals surface area contributed by atoms with Crippen LogP contribution < -0.4 is 5.32 Å². The maximum atomic E-state index is 11.4. The van der Waals surface area contributed by atoms with E-state index in [0.717, 1.165) is 5.56 Å². The SMILES string of the molecule is CC(CCl)C(=O)NCc1ccc(O)cc1. The summed E-state index contributed by atoms with van der Waals surface area (Å²) in [5.74, 6) is 0.308. The number of halogens is 1. The second-order valence-corrected chi connectivity index (χ2v) is 3.75. The van der Waals surface area contributed by atoms with E-state index >= 15 is 0 Å². The van der Waals surface area contributed by atoms with Crippen LogP contribution in [0.25, 0.3) is 0 Å². The minimum atomic E-state index is -0.177. The van der Waals surface area contributed by atoms with Gasteiger partial charge in [0.05, 0.1) is 0 Å². The molecule has 2 N–H and O–H groups in total. The quantitative estimate of drug-likeness (QED) is 0.772. The van der Waals surface area contributed by atoms with Gasteiger partial charge in [0.25, 0.3) is 0 Å². The summed E-state index contributed by atoms with van der Waals surface area (Å²) in [6.07, 6.45) is 0.